The van der Waals surface area contributed by atoms with Gasteiger partial charge in [-0.25, -0.2) is 4.39 Å². The second kappa shape index (κ2) is 6.60. The molecule has 0 bridgehead atoms. The maximum Gasteiger partial charge on any atom is 0.165 e. The molecule has 1 unspecified atom stereocenters. The minimum atomic E-state index is -0.341. The molecule has 0 saturated heterocycles. The van der Waals surface area contributed by atoms with Gasteiger partial charge in [-0.2, -0.15) is 0 Å². The molecule has 0 aromatic heterocycles. The zero-order valence-electron chi connectivity index (χ0n) is 10.7. The van der Waals surface area contributed by atoms with Gasteiger partial charge in [0.2, 0.25) is 0 Å². The first kappa shape index (κ1) is 14.0. The highest BCUT2D eigenvalue weighted by Crippen LogP contribution is 2.22. The van der Waals surface area contributed by atoms with Gasteiger partial charge in [-0.3, -0.25) is 0 Å². The van der Waals surface area contributed by atoms with E-state index in [0.29, 0.717) is 12.3 Å². The quantitative estimate of drug-likeness (QED) is 0.828. The van der Waals surface area contributed by atoms with Crippen LogP contribution in [0.25, 0.3) is 0 Å². The van der Waals surface area contributed by atoms with E-state index >= 15 is 0 Å². The van der Waals surface area contributed by atoms with Crippen LogP contribution in [0.3, 0.4) is 0 Å². The van der Waals surface area contributed by atoms with Crippen molar-refractivity contribution >= 4 is 0 Å². The van der Waals surface area contributed by atoms with Crippen LogP contribution >= 0.6 is 0 Å². The van der Waals surface area contributed by atoms with Crippen molar-refractivity contribution in [3.63, 3.8) is 0 Å². The Morgan fingerprint density at radius 3 is 2.53 bits per heavy atom. The molecule has 1 rings (SSSR count). The number of hydrogen-bond donors (Lipinski definition) is 1. The predicted molar refractivity (Wildman–Crippen MR) is 66.7 cm³/mol. The molecule has 0 aliphatic carbocycles. The molecule has 1 aromatic rings. The standard InChI is InChI=1S/C14H21FO2/c1-10(2)6-12(9-16)7-11-4-5-14(17-3)13(15)8-11/h4-5,8,10,12,16H,6-7,9H2,1-3H3. The average molecular weight is 240 g/mol. The van der Waals surface area contributed by atoms with Gasteiger partial charge >= 0.3 is 0 Å². The average Bonchev–Trinajstić information content (AvgIpc) is 2.27. The van der Waals surface area contributed by atoms with E-state index in [1.54, 1.807) is 6.07 Å². The lowest BCUT2D eigenvalue weighted by atomic mass is 9.91. The topological polar surface area (TPSA) is 29.5 Å². The van der Waals surface area contributed by atoms with E-state index in [4.69, 9.17) is 4.74 Å². The number of aliphatic hydroxyl groups is 1. The SMILES string of the molecule is COc1ccc(CC(CO)CC(C)C)cc1F. The van der Waals surface area contributed by atoms with Crippen LogP contribution in [-0.2, 0) is 6.42 Å². The van der Waals surface area contributed by atoms with Crippen LogP contribution in [0.1, 0.15) is 25.8 Å². The normalized spacial score (nSPS) is 12.8. The van der Waals surface area contributed by atoms with E-state index in [9.17, 15) is 9.50 Å². The van der Waals surface area contributed by atoms with Crippen molar-refractivity contribution in [3.8, 4) is 5.75 Å². The fraction of sp³-hybridized carbons (Fsp3) is 0.571. The fourth-order valence-electron chi connectivity index (χ4n) is 2.06. The van der Waals surface area contributed by atoms with Crippen LogP contribution in [0.15, 0.2) is 18.2 Å². The van der Waals surface area contributed by atoms with E-state index in [2.05, 4.69) is 13.8 Å². The molecule has 0 spiro atoms. The first-order chi connectivity index (χ1) is 8.06. The molecule has 1 aromatic carbocycles. The second-order valence-electron chi connectivity index (χ2n) is 4.85. The summed E-state index contributed by atoms with van der Waals surface area (Å²) in [5.41, 5.74) is 0.906. The molecule has 0 heterocycles. The number of ether oxygens (including phenoxy) is 1. The maximum absolute atomic E-state index is 13.5. The number of methoxy groups -OCH3 is 1. The largest absolute Gasteiger partial charge is 0.494 e. The number of rotatable bonds is 6. The number of benzene rings is 1. The van der Waals surface area contributed by atoms with Crippen LogP contribution in [-0.4, -0.2) is 18.8 Å². The third-order valence-electron chi connectivity index (χ3n) is 2.80. The summed E-state index contributed by atoms with van der Waals surface area (Å²) in [4.78, 5) is 0. The molecule has 0 saturated carbocycles. The Morgan fingerprint density at radius 2 is 2.06 bits per heavy atom. The first-order valence-corrected chi connectivity index (χ1v) is 6.00. The van der Waals surface area contributed by atoms with Crippen LogP contribution < -0.4 is 4.74 Å². The van der Waals surface area contributed by atoms with E-state index in [0.717, 1.165) is 12.0 Å². The third kappa shape index (κ3) is 4.35. The van der Waals surface area contributed by atoms with Gasteiger partial charge in [0.15, 0.2) is 11.6 Å². The Bertz CT molecular complexity index is 350. The van der Waals surface area contributed by atoms with Gasteiger partial charge in [0.05, 0.1) is 7.11 Å². The zero-order chi connectivity index (χ0) is 12.8. The molecule has 0 radical (unpaired) electrons. The van der Waals surface area contributed by atoms with Crippen molar-refractivity contribution in [1.82, 2.24) is 0 Å². The maximum atomic E-state index is 13.5. The number of aliphatic hydroxyl groups excluding tert-OH is 1. The van der Waals surface area contributed by atoms with Crippen molar-refractivity contribution < 1.29 is 14.2 Å². The third-order valence-corrected chi connectivity index (χ3v) is 2.80. The van der Waals surface area contributed by atoms with Crippen molar-refractivity contribution in [2.75, 3.05) is 13.7 Å². The lowest BCUT2D eigenvalue weighted by Gasteiger charge is -2.16. The second-order valence-corrected chi connectivity index (χ2v) is 4.85. The highest BCUT2D eigenvalue weighted by Gasteiger charge is 2.12. The highest BCUT2D eigenvalue weighted by molar-refractivity contribution is 5.29. The molecule has 1 N–H and O–H groups in total. The van der Waals surface area contributed by atoms with E-state index in [1.165, 1.54) is 13.2 Å². The Hall–Kier alpha value is -1.09. The summed E-state index contributed by atoms with van der Waals surface area (Å²) in [7, 11) is 1.45. The smallest absolute Gasteiger partial charge is 0.165 e. The molecular weight excluding hydrogens is 219 g/mol. The minimum Gasteiger partial charge on any atom is -0.494 e. The molecule has 96 valence electrons. The molecule has 0 amide bonds. The monoisotopic (exact) mass is 240 g/mol. The molecule has 0 aliphatic heterocycles. The molecule has 1 atom stereocenters. The Morgan fingerprint density at radius 1 is 1.35 bits per heavy atom. The van der Waals surface area contributed by atoms with Crippen molar-refractivity contribution in [2.24, 2.45) is 11.8 Å². The summed E-state index contributed by atoms with van der Waals surface area (Å²) in [6, 6.07) is 4.97. The van der Waals surface area contributed by atoms with E-state index in [-0.39, 0.29) is 24.1 Å². The summed E-state index contributed by atoms with van der Waals surface area (Å²) in [5.74, 6) is 0.655. The van der Waals surface area contributed by atoms with Gasteiger partial charge in [0, 0.05) is 6.61 Å². The summed E-state index contributed by atoms with van der Waals surface area (Å²) < 4.78 is 18.4. The van der Waals surface area contributed by atoms with Crippen molar-refractivity contribution in [3.05, 3.63) is 29.6 Å². The highest BCUT2D eigenvalue weighted by atomic mass is 19.1. The lowest BCUT2D eigenvalue weighted by molar-refractivity contribution is 0.205. The van der Waals surface area contributed by atoms with E-state index < -0.39 is 0 Å². The molecule has 2 nitrogen and oxygen atoms in total. The summed E-state index contributed by atoms with van der Waals surface area (Å²) in [6.07, 6.45) is 1.65. The fourth-order valence-corrected chi connectivity index (χ4v) is 2.06. The number of halogens is 1. The van der Waals surface area contributed by atoms with Gasteiger partial charge in [0.25, 0.3) is 0 Å². The van der Waals surface area contributed by atoms with Crippen molar-refractivity contribution in [2.45, 2.75) is 26.7 Å². The van der Waals surface area contributed by atoms with Crippen molar-refractivity contribution in [1.29, 1.82) is 0 Å². The Kier molecular flexibility index (Phi) is 5.42. The van der Waals surface area contributed by atoms with Crippen LogP contribution in [0.5, 0.6) is 5.75 Å². The van der Waals surface area contributed by atoms with Gasteiger partial charge < -0.3 is 9.84 Å². The summed E-state index contributed by atoms with van der Waals surface area (Å²) in [6.45, 7) is 4.39. The van der Waals surface area contributed by atoms with Crippen LogP contribution in [0, 0.1) is 17.7 Å². The van der Waals surface area contributed by atoms with E-state index in [1.807, 2.05) is 6.07 Å². The molecule has 0 fully saturated rings. The predicted octanol–water partition coefficient (Wildman–Crippen LogP) is 3.03. The zero-order valence-corrected chi connectivity index (χ0v) is 10.7. The lowest BCUT2D eigenvalue weighted by Crippen LogP contribution is -2.12. The minimum absolute atomic E-state index is 0.145. The molecule has 0 aliphatic rings. The molecular formula is C14H21FO2. The molecule has 17 heavy (non-hydrogen) atoms. The molecule has 3 heteroatoms. The van der Waals surface area contributed by atoms with Gasteiger partial charge in [0.1, 0.15) is 0 Å². The van der Waals surface area contributed by atoms with Gasteiger partial charge in [-0.15, -0.1) is 0 Å². The summed E-state index contributed by atoms with van der Waals surface area (Å²) >= 11 is 0. The number of hydrogen-bond acceptors (Lipinski definition) is 2. The Balaban J connectivity index is 2.69. The van der Waals surface area contributed by atoms with Crippen LogP contribution in [0.4, 0.5) is 4.39 Å². The Labute approximate surface area is 102 Å². The summed E-state index contributed by atoms with van der Waals surface area (Å²) in [5, 5.41) is 9.29. The van der Waals surface area contributed by atoms with Gasteiger partial charge in [-0.05, 0) is 42.4 Å². The van der Waals surface area contributed by atoms with Crippen LogP contribution in [0.2, 0.25) is 0 Å². The van der Waals surface area contributed by atoms with Gasteiger partial charge in [-0.1, -0.05) is 19.9 Å². The first-order valence-electron chi connectivity index (χ1n) is 6.00.